The molecule has 0 unspecified atom stereocenters. The van der Waals surface area contributed by atoms with Gasteiger partial charge in [0.1, 0.15) is 3.70 Å². The molecule has 0 bridgehead atoms. The lowest BCUT2D eigenvalue weighted by Crippen LogP contribution is -1.92. The summed E-state index contributed by atoms with van der Waals surface area (Å²) in [6.45, 7) is 0. The van der Waals surface area contributed by atoms with Crippen LogP contribution in [0.3, 0.4) is 0 Å². The van der Waals surface area contributed by atoms with Crippen molar-refractivity contribution in [3.8, 4) is 0 Å². The predicted molar refractivity (Wildman–Crippen MR) is 54.6 cm³/mol. The van der Waals surface area contributed by atoms with E-state index >= 15 is 0 Å². The number of nitrogens with zero attached hydrogens (tertiary/aromatic N) is 1. The van der Waals surface area contributed by atoms with Crippen LogP contribution in [0.2, 0.25) is 5.02 Å². The monoisotopic (exact) mass is 367 g/mol. The Balaban J connectivity index is 3.27. The van der Waals surface area contributed by atoms with Crippen LogP contribution in [0.4, 0.5) is 8.78 Å². The topological polar surface area (TPSA) is 12.9 Å². The normalized spacial score (nSPS) is 10.8. The van der Waals surface area contributed by atoms with Gasteiger partial charge in [0.25, 0.3) is 6.43 Å². The number of rotatable bonds is 1. The van der Waals surface area contributed by atoms with E-state index in [1.54, 1.807) is 0 Å². The molecular weight excluding hydrogens is 366 g/mol. The second-order valence-corrected chi connectivity index (χ2v) is 4.13. The SMILES string of the molecule is FC(F)c1cnc(I)c(Br)c1Cl. The second-order valence-electron chi connectivity index (χ2n) is 1.93. The maximum atomic E-state index is 12.2. The summed E-state index contributed by atoms with van der Waals surface area (Å²) in [5, 5.41) is 0.0319. The molecule has 0 spiro atoms. The Morgan fingerprint density at radius 3 is 2.67 bits per heavy atom. The van der Waals surface area contributed by atoms with Crippen LogP contribution >= 0.6 is 50.1 Å². The van der Waals surface area contributed by atoms with Crippen molar-refractivity contribution in [1.29, 1.82) is 0 Å². The minimum absolute atomic E-state index is 0.0319. The average molecular weight is 368 g/mol. The Kier molecular flexibility index (Phi) is 3.66. The second kappa shape index (κ2) is 4.15. The van der Waals surface area contributed by atoms with Crippen molar-refractivity contribution in [2.45, 2.75) is 6.43 Å². The summed E-state index contributed by atoms with van der Waals surface area (Å²) in [6, 6.07) is 0. The van der Waals surface area contributed by atoms with Gasteiger partial charge in [-0.3, -0.25) is 0 Å². The van der Waals surface area contributed by atoms with Gasteiger partial charge < -0.3 is 0 Å². The zero-order chi connectivity index (χ0) is 9.30. The Morgan fingerprint density at radius 2 is 2.17 bits per heavy atom. The lowest BCUT2D eigenvalue weighted by Gasteiger charge is -2.04. The van der Waals surface area contributed by atoms with Crippen LogP contribution < -0.4 is 0 Å². The number of halogens is 5. The van der Waals surface area contributed by atoms with E-state index in [4.69, 9.17) is 11.6 Å². The fourth-order valence-electron chi connectivity index (χ4n) is 0.609. The van der Waals surface area contributed by atoms with Gasteiger partial charge >= 0.3 is 0 Å². The molecule has 6 heteroatoms. The fraction of sp³-hybridized carbons (Fsp3) is 0.167. The van der Waals surface area contributed by atoms with Crippen LogP contribution in [-0.2, 0) is 0 Å². The summed E-state index contributed by atoms with van der Waals surface area (Å²) in [4.78, 5) is 3.74. The highest BCUT2D eigenvalue weighted by molar-refractivity contribution is 14.1. The molecule has 0 saturated carbocycles. The summed E-state index contributed by atoms with van der Waals surface area (Å²) in [5.41, 5.74) is -0.246. The van der Waals surface area contributed by atoms with Gasteiger partial charge in [-0.2, -0.15) is 0 Å². The third-order valence-electron chi connectivity index (χ3n) is 1.18. The van der Waals surface area contributed by atoms with E-state index in [1.165, 1.54) is 0 Å². The minimum Gasteiger partial charge on any atom is -0.249 e. The molecule has 0 aliphatic rings. The van der Waals surface area contributed by atoms with Gasteiger partial charge in [0.15, 0.2) is 0 Å². The van der Waals surface area contributed by atoms with Crippen LogP contribution in [0, 0.1) is 3.70 Å². The number of hydrogen-bond donors (Lipinski definition) is 0. The van der Waals surface area contributed by atoms with Gasteiger partial charge in [0.05, 0.1) is 15.1 Å². The first-order valence-electron chi connectivity index (χ1n) is 2.81. The van der Waals surface area contributed by atoms with Crippen molar-refractivity contribution in [1.82, 2.24) is 4.98 Å². The third kappa shape index (κ3) is 2.05. The minimum atomic E-state index is -2.58. The molecule has 1 aromatic rings. The molecule has 0 saturated heterocycles. The van der Waals surface area contributed by atoms with Crippen molar-refractivity contribution in [3.05, 3.63) is 25.0 Å². The molecule has 0 radical (unpaired) electrons. The molecule has 0 aliphatic heterocycles. The molecule has 1 rings (SSSR count). The molecular formula is C6H2BrClF2IN. The summed E-state index contributed by atoms with van der Waals surface area (Å²) in [7, 11) is 0. The lowest BCUT2D eigenvalue weighted by molar-refractivity contribution is 0.151. The number of hydrogen-bond acceptors (Lipinski definition) is 1. The summed E-state index contributed by atoms with van der Waals surface area (Å²) < 4.78 is 25.4. The smallest absolute Gasteiger partial charge is 0.249 e. The number of aromatic nitrogens is 1. The highest BCUT2D eigenvalue weighted by Gasteiger charge is 2.16. The molecule has 0 atom stereocenters. The highest BCUT2D eigenvalue weighted by atomic mass is 127. The van der Waals surface area contributed by atoms with Crippen molar-refractivity contribution >= 4 is 50.1 Å². The highest BCUT2D eigenvalue weighted by Crippen LogP contribution is 2.34. The zero-order valence-electron chi connectivity index (χ0n) is 5.49. The van der Waals surface area contributed by atoms with Crippen molar-refractivity contribution in [2.24, 2.45) is 0 Å². The van der Waals surface area contributed by atoms with Gasteiger partial charge in [0.2, 0.25) is 0 Å². The van der Waals surface area contributed by atoms with Gasteiger partial charge in [-0.05, 0) is 38.5 Å². The van der Waals surface area contributed by atoms with Crippen LogP contribution in [0.5, 0.6) is 0 Å². The maximum absolute atomic E-state index is 12.2. The van der Waals surface area contributed by atoms with Crippen molar-refractivity contribution in [2.75, 3.05) is 0 Å². The largest absolute Gasteiger partial charge is 0.266 e. The Bertz CT molecular complexity index is 308. The fourth-order valence-corrected chi connectivity index (χ4v) is 1.73. The Hall–Kier alpha value is 0.510. The van der Waals surface area contributed by atoms with Crippen LogP contribution in [0.1, 0.15) is 12.0 Å². The molecule has 12 heavy (non-hydrogen) atoms. The summed E-state index contributed by atoms with van der Waals surface area (Å²) >= 11 is 10.6. The van der Waals surface area contributed by atoms with E-state index in [0.717, 1.165) is 6.20 Å². The van der Waals surface area contributed by atoms with Gasteiger partial charge in [-0.25, -0.2) is 13.8 Å². The van der Waals surface area contributed by atoms with E-state index in [2.05, 4.69) is 20.9 Å². The average Bonchev–Trinajstić information content (AvgIpc) is 2.00. The van der Waals surface area contributed by atoms with E-state index in [0.29, 0.717) is 8.17 Å². The first-order chi connectivity index (χ1) is 5.54. The first kappa shape index (κ1) is 10.6. The predicted octanol–water partition coefficient (Wildman–Crippen LogP) is 4.04. The quantitative estimate of drug-likeness (QED) is 0.539. The first-order valence-corrected chi connectivity index (χ1v) is 5.06. The van der Waals surface area contributed by atoms with E-state index in [9.17, 15) is 8.78 Å². The Labute approximate surface area is 94.8 Å². The molecule has 66 valence electrons. The number of pyridine rings is 1. The van der Waals surface area contributed by atoms with Crippen LogP contribution in [0.25, 0.3) is 0 Å². The van der Waals surface area contributed by atoms with E-state index in [-0.39, 0.29) is 10.6 Å². The molecule has 0 aromatic carbocycles. The summed E-state index contributed by atoms with van der Waals surface area (Å²) in [5.74, 6) is 0. The maximum Gasteiger partial charge on any atom is 0.266 e. The van der Waals surface area contributed by atoms with Crippen molar-refractivity contribution in [3.63, 3.8) is 0 Å². The number of alkyl halides is 2. The van der Waals surface area contributed by atoms with E-state index < -0.39 is 6.43 Å². The molecule has 1 aromatic heterocycles. The van der Waals surface area contributed by atoms with Gasteiger partial charge in [-0.15, -0.1) is 0 Å². The molecule has 0 fully saturated rings. The summed E-state index contributed by atoms with van der Waals surface area (Å²) in [6.07, 6.45) is -1.50. The van der Waals surface area contributed by atoms with Crippen molar-refractivity contribution < 1.29 is 8.78 Å². The zero-order valence-corrected chi connectivity index (χ0v) is 9.99. The third-order valence-corrected chi connectivity index (χ3v) is 4.15. The van der Waals surface area contributed by atoms with E-state index in [1.807, 2.05) is 22.6 Å². The van der Waals surface area contributed by atoms with Crippen LogP contribution in [-0.4, -0.2) is 4.98 Å². The molecule has 0 amide bonds. The standard InChI is InChI=1S/C6H2BrClF2IN/c7-3-4(8)2(5(9)10)1-12-6(3)11/h1,5H. The lowest BCUT2D eigenvalue weighted by atomic mass is 10.3. The Morgan fingerprint density at radius 1 is 1.58 bits per heavy atom. The van der Waals surface area contributed by atoms with Gasteiger partial charge in [0, 0.05) is 6.20 Å². The van der Waals surface area contributed by atoms with Gasteiger partial charge in [-0.1, -0.05) is 11.6 Å². The molecule has 1 heterocycles. The molecule has 1 nitrogen and oxygen atoms in total. The molecule has 0 N–H and O–H groups in total. The molecule has 0 aliphatic carbocycles. The van der Waals surface area contributed by atoms with Crippen LogP contribution in [0.15, 0.2) is 10.7 Å².